The van der Waals surface area contributed by atoms with Crippen molar-refractivity contribution < 1.29 is 32.2 Å². The van der Waals surface area contributed by atoms with Crippen molar-refractivity contribution in [3.05, 3.63) is 18.2 Å². The summed E-state index contributed by atoms with van der Waals surface area (Å²) in [7, 11) is -2.16. The molecule has 3 rings (SSSR count). The molecule has 0 atom stereocenters. The summed E-state index contributed by atoms with van der Waals surface area (Å²) in [5.74, 6) is 0.761. The van der Waals surface area contributed by atoms with Gasteiger partial charge in [0, 0.05) is 71.9 Å². The lowest BCUT2D eigenvalue weighted by molar-refractivity contribution is -0.133. The number of nitrogens with one attached hydrogen (secondary N) is 2. The van der Waals surface area contributed by atoms with Gasteiger partial charge in [-0.15, -0.1) is 0 Å². The second-order valence-corrected chi connectivity index (χ2v) is 9.93. The summed E-state index contributed by atoms with van der Waals surface area (Å²) in [5.41, 5.74) is 0. The highest BCUT2D eigenvalue weighted by Gasteiger charge is 2.23. The van der Waals surface area contributed by atoms with Crippen LogP contribution >= 0.6 is 0 Å². The van der Waals surface area contributed by atoms with Crippen molar-refractivity contribution in [2.24, 2.45) is 0 Å². The zero-order valence-electron chi connectivity index (χ0n) is 19.6. The highest BCUT2D eigenvalue weighted by Crippen LogP contribution is 2.31. The fraction of sp³-hybridized carbons (Fsp3) is 0.636. The Kier molecular flexibility index (Phi) is 9.93. The Morgan fingerprint density at radius 3 is 2.53 bits per heavy atom. The second kappa shape index (κ2) is 12.9. The molecule has 12 heteroatoms. The first-order valence-electron chi connectivity index (χ1n) is 11.5. The third-order valence-electron chi connectivity index (χ3n) is 5.60. The SMILES string of the molecule is COCCCNC(=O)CN1CCN(C(=O)CCNS(=O)(=O)c2ccc3c(c2)OCCCO3)CC1. The van der Waals surface area contributed by atoms with Crippen LogP contribution in [0.1, 0.15) is 19.3 Å². The maximum atomic E-state index is 12.6. The molecule has 0 aliphatic carbocycles. The number of methoxy groups -OCH3 is 1. The van der Waals surface area contributed by atoms with E-state index in [9.17, 15) is 18.0 Å². The van der Waals surface area contributed by atoms with Gasteiger partial charge in [-0.2, -0.15) is 0 Å². The third kappa shape index (κ3) is 7.83. The third-order valence-corrected chi connectivity index (χ3v) is 7.06. The van der Waals surface area contributed by atoms with E-state index in [1.165, 1.54) is 12.1 Å². The molecule has 0 unspecified atom stereocenters. The van der Waals surface area contributed by atoms with Crippen molar-refractivity contribution in [1.82, 2.24) is 19.8 Å². The molecule has 2 aliphatic rings. The number of hydrogen-bond donors (Lipinski definition) is 2. The van der Waals surface area contributed by atoms with Gasteiger partial charge < -0.3 is 24.4 Å². The molecular formula is C22H34N4O7S. The minimum atomic E-state index is -3.78. The molecule has 190 valence electrons. The van der Waals surface area contributed by atoms with Gasteiger partial charge in [0.05, 0.1) is 24.7 Å². The van der Waals surface area contributed by atoms with Crippen LogP contribution in [0.3, 0.4) is 0 Å². The normalized spacial score (nSPS) is 16.7. The lowest BCUT2D eigenvalue weighted by Gasteiger charge is -2.34. The van der Waals surface area contributed by atoms with Crippen LogP contribution in [-0.4, -0.2) is 103 Å². The quantitative estimate of drug-likeness (QED) is 0.402. The summed E-state index contributed by atoms with van der Waals surface area (Å²) >= 11 is 0. The van der Waals surface area contributed by atoms with Gasteiger partial charge in [0.25, 0.3) is 0 Å². The first-order valence-corrected chi connectivity index (χ1v) is 13.0. The summed E-state index contributed by atoms with van der Waals surface area (Å²) in [5, 5.41) is 2.85. The number of piperazine rings is 1. The number of ether oxygens (including phenoxy) is 3. The van der Waals surface area contributed by atoms with Crippen LogP contribution in [0, 0.1) is 0 Å². The van der Waals surface area contributed by atoms with Gasteiger partial charge in [-0.05, 0) is 18.6 Å². The number of hydrogen-bond acceptors (Lipinski definition) is 8. The van der Waals surface area contributed by atoms with Crippen molar-refractivity contribution in [2.75, 3.05) is 72.7 Å². The molecule has 0 bridgehead atoms. The standard InChI is InChI=1S/C22H34N4O7S/c1-31-13-2-7-23-21(27)17-25-9-11-26(12-10-25)22(28)6-8-24-34(29,30)18-4-5-19-20(16-18)33-15-3-14-32-19/h4-5,16,24H,2-3,6-15,17H2,1H3,(H,23,27). The number of carbonyl (C=O) groups is 2. The van der Waals surface area contributed by atoms with E-state index < -0.39 is 10.0 Å². The summed E-state index contributed by atoms with van der Waals surface area (Å²) in [6.07, 6.45) is 1.56. The van der Waals surface area contributed by atoms with E-state index in [4.69, 9.17) is 14.2 Å². The molecule has 11 nitrogen and oxygen atoms in total. The molecule has 2 aliphatic heterocycles. The molecule has 0 spiro atoms. The Morgan fingerprint density at radius 1 is 1.06 bits per heavy atom. The van der Waals surface area contributed by atoms with Crippen molar-refractivity contribution in [2.45, 2.75) is 24.2 Å². The summed E-state index contributed by atoms with van der Waals surface area (Å²) in [6, 6.07) is 4.49. The second-order valence-electron chi connectivity index (χ2n) is 8.16. The number of sulfonamides is 1. The van der Waals surface area contributed by atoms with E-state index in [1.54, 1.807) is 18.1 Å². The number of carbonyl (C=O) groups excluding carboxylic acids is 2. The fourth-order valence-electron chi connectivity index (χ4n) is 3.70. The maximum absolute atomic E-state index is 12.6. The van der Waals surface area contributed by atoms with Gasteiger partial charge >= 0.3 is 0 Å². The zero-order valence-corrected chi connectivity index (χ0v) is 20.4. The number of rotatable bonds is 11. The van der Waals surface area contributed by atoms with E-state index >= 15 is 0 Å². The Balaban J connectivity index is 1.38. The summed E-state index contributed by atoms with van der Waals surface area (Å²) in [4.78, 5) is 28.3. The van der Waals surface area contributed by atoms with Gasteiger partial charge in [0.2, 0.25) is 21.8 Å². The van der Waals surface area contributed by atoms with E-state index in [2.05, 4.69) is 10.0 Å². The molecule has 34 heavy (non-hydrogen) atoms. The topological polar surface area (TPSA) is 127 Å². The Bertz CT molecular complexity index is 933. The number of amides is 2. The fourth-order valence-corrected chi connectivity index (χ4v) is 4.75. The van der Waals surface area contributed by atoms with Crippen molar-refractivity contribution in [3.8, 4) is 11.5 Å². The number of nitrogens with zero attached hydrogens (tertiary/aromatic N) is 2. The van der Waals surface area contributed by atoms with Crippen molar-refractivity contribution in [3.63, 3.8) is 0 Å². The predicted molar refractivity (Wildman–Crippen MR) is 124 cm³/mol. The average Bonchev–Trinajstić information content (AvgIpc) is 3.07. The molecule has 1 aromatic rings. The van der Waals surface area contributed by atoms with Crippen molar-refractivity contribution in [1.29, 1.82) is 0 Å². The van der Waals surface area contributed by atoms with E-state index in [0.717, 1.165) is 12.8 Å². The summed E-state index contributed by atoms with van der Waals surface area (Å²) < 4.78 is 43.8. The first kappa shape index (κ1) is 26.2. The van der Waals surface area contributed by atoms with Gasteiger partial charge in [-0.3, -0.25) is 14.5 Å². The molecule has 0 aromatic heterocycles. The number of fused-ring (bicyclic) bond motifs is 1. The Hall–Kier alpha value is -2.41. The van der Waals surface area contributed by atoms with Gasteiger partial charge in [0.15, 0.2) is 11.5 Å². The van der Waals surface area contributed by atoms with Crippen LogP contribution in [0.2, 0.25) is 0 Å². The first-order chi connectivity index (χ1) is 16.4. The zero-order chi connectivity index (χ0) is 24.4. The molecule has 2 heterocycles. The Morgan fingerprint density at radius 2 is 1.79 bits per heavy atom. The number of benzene rings is 1. The molecule has 2 N–H and O–H groups in total. The molecule has 1 aromatic carbocycles. The van der Waals surface area contributed by atoms with Crippen LogP contribution in [0.25, 0.3) is 0 Å². The van der Waals surface area contributed by atoms with Gasteiger partial charge in [-0.25, -0.2) is 13.1 Å². The van der Waals surface area contributed by atoms with Crippen LogP contribution in [0.4, 0.5) is 0 Å². The average molecular weight is 499 g/mol. The monoisotopic (exact) mass is 498 g/mol. The minimum absolute atomic E-state index is 0.000295. The summed E-state index contributed by atoms with van der Waals surface area (Å²) in [6.45, 7) is 4.67. The molecule has 2 amide bonds. The minimum Gasteiger partial charge on any atom is -0.490 e. The van der Waals surface area contributed by atoms with Gasteiger partial charge in [-0.1, -0.05) is 0 Å². The largest absolute Gasteiger partial charge is 0.490 e. The van der Waals surface area contributed by atoms with Crippen LogP contribution in [0.15, 0.2) is 23.1 Å². The molecule has 1 saturated heterocycles. The predicted octanol–water partition coefficient (Wildman–Crippen LogP) is -0.187. The molecular weight excluding hydrogens is 464 g/mol. The Labute approximate surface area is 200 Å². The molecule has 1 fully saturated rings. The highest BCUT2D eigenvalue weighted by molar-refractivity contribution is 7.89. The van der Waals surface area contributed by atoms with E-state index in [0.29, 0.717) is 70.6 Å². The lowest BCUT2D eigenvalue weighted by Crippen LogP contribution is -2.51. The van der Waals surface area contributed by atoms with Gasteiger partial charge in [0.1, 0.15) is 0 Å². The highest BCUT2D eigenvalue weighted by atomic mass is 32.2. The van der Waals surface area contributed by atoms with E-state index in [-0.39, 0.29) is 29.7 Å². The maximum Gasteiger partial charge on any atom is 0.240 e. The molecule has 0 saturated carbocycles. The smallest absolute Gasteiger partial charge is 0.240 e. The van der Waals surface area contributed by atoms with Crippen molar-refractivity contribution >= 4 is 21.8 Å². The van der Waals surface area contributed by atoms with Crippen LogP contribution < -0.4 is 19.5 Å². The van der Waals surface area contributed by atoms with E-state index in [1.807, 2.05) is 4.90 Å². The molecule has 0 radical (unpaired) electrons. The van der Waals surface area contributed by atoms with Crippen LogP contribution in [-0.2, 0) is 24.3 Å². The van der Waals surface area contributed by atoms with Crippen LogP contribution in [0.5, 0.6) is 11.5 Å². The lowest BCUT2D eigenvalue weighted by atomic mass is 10.2.